The van der Waals surface area contributed by atoms with Crippen LogP contribution in [0.4, 0.5) is 10.5 Å². The quantitative estimate of drug-likeness (QED) is 0.410. The molecule has 0 aliphatic heterocycles. The molecule has 29 heavy (non-hydrogen) atoms. The second-order valence-electron chi connectivity index (χ2n) is 7.19. The molecule has 0 fully saturated rings. The van der Waals surface area contributed by atoms with Gasteiger partial charge >= 0.3 is 18.0 Å². The number of anilines is 1. The Morgan fingerprint density at radius 1 is 0.931 bits per heavy atom. The Balaban J connectivity index is 1.53. The van der Waals surface area contributed by atoms with E-state index in [-0.39, 0.29) is 12.8 Å². The third-order valence-corrected chi connectivity index (χ3v) is 5.04. The minimum atomic E-state index is -1.11. The van der Waals surface area contributed by atoms with Crippen molar-refractivity contribution in [2.24, 2.45) is 0 Å². The molecule has 0 spiro atoms. The Morgan fingerprint density at radius 3 is 2.45 bits per heavy atom. The van der Waals surface area contributed by atoms with Crippen molar-refractivity contribution in [3.8, 4) is 11.1 Å². The van der Waals surface area contributed by atoms with Crippen LogP contribution in [0.2, 0.25) is 0 Å². The molecule has 0 heterocycles. The van der Waals surface area contributed by atoms with Crippen LogP contribution < -0.4 is 10.6 Å². The minimum Gasteiger partial charge on any atom is -0.481 e. The van der Waals surface area contributed by atoms with Gasteiger partial charge in [0.05, 0.1) is 0 Å². The molecule has 1 aliphatic carbocycles. The predicted octanol–water partition coefficient (Wildman–Crippen LogP) is 3.87. The molecule has 0 radical (unpaired) electrons. The van der Waals surface area contributed by atoms with Gasteiger partial charge in [-0.15, -0.1) is 0 Å². The molecule has 0 bridgehead atoms. The van der Waals surface area contributed by atoms with Crippen LogP contribution in [-0.4, -0.2) is 34.2 Å². The average molecular weight is 396 g/mol. The SMILES string of the molecule is O=C(O)CCCCCC(NC(=O)Nc1ccc2c(c1)Cc1ccccc1-2)C(=O)O. The van der Waals surface area contributed by atoms with Gasteiger partial charge in [-0.05, 0) is 53.6 Å². The number of nitrogens with one attached hydrogen (secondary N) is 2. The third-order valence-electron chi connectivity index (χ3n) is 5.04. The highest BCUT2D eigenvalue weighted by molar-refractivity contribution is 5.93. The first-order chi connectivity index (χ1) is 13.9. The number of urea groups is 1. The Kier molecular flexibility index (Phi) is 6.49. The summed E-state index contributed by atoms with van der Waals surface area (Å²) in [6.45, 7) is 0. The molecule has 4 N–H and O–H groups in total. The van der Waals surface area contributed by atoms with E-state index in [1.165, 1.54) is 11.1 Å². The van der Waals surface area contributed by atoms with Crippen LogP contribution in [0, 0.1) is 0 Å². The van der Waals surface area contributed by atoms with Gasteiger partial charge in [0.15, 0.2) is 0 Å². The number of aliphatic carboxylic acids is 2. The zero-order valence-corrected chi connectivity index (χ0v) is 16.0. The van der Waals surface area contributed by atoms with Crippen molar-refractivity contribution in [2.45, 2.75) is 44.6 Å². The molecule has 2 amide bonds. The summed E-state index contributed by atoms with van der Waals surface area (Å²) in [6.07, 6.45) is 2.74. The van der Waals surface area contributed by atoms with E-state index in [1.807, 2.05) is 30.3 Å². The van der Waals surface area contributed by atoms with Crippen LogP contribution in [0.25, 0.3) is 11.1 Å². The molecule has 3 rings (SSSR count). The fourth-order valence-electron chi connectivity index (χ4n) is 3.61. The number of carboxylic acid groups (broad SMARTS) is 2. The number of hydrogen-bond acceptors (Lipinski definition) is 3. The number of hydrogen-bond donors (Lipinski definition) is 4. The van der Waals surface area contributed by atoms with Crippen LogP contribution in [-0.2, 0) is 16.0 Å². The first kappa shape index (κ1) is 20.4. The molecule has 7 heteroatoms. The van der Waals surface area contributed by atoms with Crippen LogP contribution >= 0.6 is 0 Å². The molecule has 7 nitrogen and oxygen atoms in total. The molecule has 2 aromatic carbocycles. The lowest BCUT2D eigenvalue weighted by Gasteiger charge is -2.15. The molecule has 0 aromatic heterocycles. The number of rotatable bonds is 9. The summed E-state index contributed by atoms with van der Waals surface area (Å²) in [5.74, 6) is -1.97. The smallest absolute Gasteiger partial charge is 0.326 e. The van der Waals surface area contributed by atoms with Crippen LogP contribution in [0.5, 0.6) is 0 Å². The number of fused-ring (bicyclic) bond motifs is 3. The molecular formula is C22H24N2O5. The fraction of sp³-hybridized carbons (Fsp3) is 0.318. The van der Waals surface area contributed by atoms with Crippen molar-refractivity contribution in [3.63, 3.8) is 0 Å². The molecular weight excluding hydrogens is 372 g/mol. The monoisotopic (exact) mass is 396 g/mol. The summed E-state index contributed by atoms with van der Waals surface area (Å²) in [5.41, 5.74) is 5.33. The summed E-state index contributed by atoms with van der Waals surface area (Å²) in [6, 6.07) is 12.3. The Hall–Kier alpha value is -3.35. The minimum absolute atomic E-state index is 0.0633. The lowest BCUT2D eigenvalue weighted by atomic mass is 10.1. The normalized spacial score (nSPS) is 12.6. The maximum Gasteiger partial charge on any atom is 0.326 e. The molecule has 0 saturated carbocycles. The van der Waals surface area contributed by atoms with Crippen LogP contribution in [0.1, 0.15) is 43.2 Å². The lowest BCUT2D eigenvalue weighted by molar-refractivity contribution is -0.139. The fourth-order valence-corrected chi connectivity index (χ4v) is 3.61. The first-order valence-electron chi connectivity index (χ1n) is 9.67. The van der Waals surface area contributed by atoms with E-state index in [1.54, 1.807) is 0 Å². The molecule has 0 saturated heterocycles. The third kappa shape index (κ3) is 5.34. The maximum atomic E-state index is 12.3. The highest BCUT2D eigenvalue weighted by Gasteiger charge is 2.21. The number of unbranched alkanes of at least 4 members (excludes halogenated alkanes) is 2. The maximum absolute atomic E-state index is 12.3. The standard InChI is InChI=1S/C22H24N2O5/c25-20(26)9-3-1-2-8-19(21(27)28)24-22(29)23-16-10-11-18-15(13-16)12-14-6-4-5-7-17(14)18/h4-7,10-11,13,19H,1-3,8-9,12H2,(H,25,26)(H,27,28)(H2,23,24,29). The van der Waals surface area contributed by atoms with Gasteiger partial charge in [0.2, 0.25) is 0 Å². The van der Waals surface area contributed by atoms with E-state index >= 15 is 0 Å². The summed E-state index contributed by atoms with van der Waals surface area (Å²) in [4.78, 5) is 34.2. The first-order valence-corrected chi connectivity index (χ1v) is 9.67. The summed E-state index contributed by atoms with van der Waals surface area (Å²) >= 11 is 0. The highest BCUT2D eigenvalue weighted by atomic mass is 16.4. The highest BCUT2D eigenvalue weighted by Crippen LogP contribution is 2.37. The zero-order valence-electron chi connectivity index (χ0n) is 16.0. The summed E-state index contributed by atoms with van der Waals surface area (Å²) < 4.78 is 0. The zero-order chi connectivity index (χ0) is 20.8. The average Bonchev–Trinajstić information content (AvgIpc) is 3.04. The summed E-state index contributed by atoms with van der Waals surface area (Å²) in [7, 11) is 0. The van der Waals surface area contributed by atoms with Gasteiger partial charge in [-0.3, -0.25) is 4.79 Å². The second-order valence-corrected chi connectivity index (χ2v) is 7.19. The largest absolute Gasteiger partial charge is 0.481 e. The van der Waals surface area contributed by atoms with Gasteiger partial charge in [0.25, 0.3) is 0 Å². The van der Waals surface area contributed by atoms with Gasteiger partial charge in [-0.2, -0.15) is 0 Å². The van der Waals surface area contributed by atoms with E-state index < -0.39 is 24.0 Å². The van der Waals surface area contributed by atoms with Crippen molar-refractivity contribution in [3.05, 3.63) is 53.6 Å². The van der Waals surface area contributed by atoms with E-state index in [9.17, 15) is 19.5 Å². The van der Waals surface area contributed by atoms with Gasteiger partial charge in [-0.1, -0.05) is 43.2 Å². The van der Waals surface area contributed by atoms with Gasteiger partial charge in [0, 0.05) is 12.1 Å². The van der Waals surface area contributed by atoms with Gasteiger partial charge < -0.3 is 20.8 Å². The van der Waals surface area contributed by atoms with E-state index in [0.29, 0.717) is 24.9 Å². The van der Waals surface area contributed by atoms with Crippen LogP contribution in [0.3, 0.4) is 0 Å². The number of carboxylic acids is 2. The van der Waals surface area contributed by atoms with Gasteiger partial charge in [-0.25, -0.2) is 9.59 Å². The van der Waals surface area contributed by atoms with E-state index in [2.05, 4.69) is 22.8 Å². The van der Waals surface area contributed by atoms with E-state index in [4.69, 9.17) is 5.11 Å². The van der Waals surface area contributed by atoms with Crippen molar-refractivity contribution >= 4 is 23.7 Å². The van der Waals surface area contributed by atoms with Crippen LogP contribution in [0.15, 0.2) is 42.5 Å². The van der Waals surface area contributed by atoms with Gasteiger partial charge in [0.1, 0.15) is 6.04 Å². The Bertz CT molecular complexity index is 925. The number of carbonyl (C=O) groups is 3. The molecule has 2 aromatic rings. The second kappa shape index (κ2) is 9.23. The molecule has 1 unspecified atom stereocenters. The van der Waals surface area contributed by atoms with Crippen molar-refractivity contribution in [2.75, 3.05) is 5.32 Å². The topological polar surface area (TPSA) is 116 Å². The number of benzene rings is 2. The summed E-state index contributed by atoms with van der Waals surface area (Å²) in [5, 5.41) is 23.1. The predicted molar refractivity (Wildman–Crippen MR) is 109 cm³/mol. The lowest BCUT2D eigenvalue weighted by Crippen LogP contribution is -2.43. The van der Waals surface area contributed by atoms with Crippen molar-refractivity contribution in [1.82, 2.24) is 5.32 Å². The molecule has 152 valence electrons. The van der Waals surface area contributed by atoms with Crippen molar-refractivity contribution < 1.29 is 24.6 Å². The number of carbonyl (C=O) groups excluding carboxylic acids is 1. The Morgan fingerprint density at radius 2 is 1.69 bits per heavy atom. The molecule has 1 atom stereocenters. The van der Waals surface area contributed by atoms with Crippen molar-refractivity contribution in [1.29, 1.82) is 0 Å². The van der Waals surface area contributed by atoms with E-state index in [0.717, 1.165) is 17.5 Å². The molecule has 1 aliphatic rings. The Labute approximate surface area is 168 Å². The number of amides is 2.